The van der Waals surface area contributed by atoms with E-state index in [9.17, 15) is 13.2 Å². The summed E-state index contributed by atoms with van der Waals surface area (Å²) in [6.45, 7) is 0.584. The van der Waals surface area contributed by atoms with Crippen molar-refractivity contribution in [1.29, 1.82) is 0 Å². The average molecular weight is 346 g/mol. The Morgan fingerprint density at radius 1 is 1.25 bits per heavy atom. The van der Waals surface area contributed by atoms with Crippen LogP contribution in [-0.4, -0.2) is 28.0 Å². The lowest BCUT2D eigenvalue weighted by atomic mass is 10.1. The molecule has 0 unspecified atom stereocenters. The molecule has 2 aromatic rings. The second-order valence-electron chi connectivity index (χ2n) is 5.71. The predicted octanol–water partition coefficient (Wildman–Crippen LogP) is 1.69. The van der Waals surface area contributed by atoms with Gasteiger partial charge in [0.1, 0.15) is 5.75 Å². The van der Waals surface area contributed by atoms with Crippen LogP contribution in [0.5, 0.6) is 5.75 Å². The molecule has 0 aliphatic carbocycles. The molecule has 0 spiro atoms. The van der Waals surface area contributed by atoms with E-state index in [0.29, 0.717) is 17.7 Å². The zero-order chi connectivity index (χ0) is 17.3. The zero-order valence-electron chi connectivity index (χ0n) is 13.2. The van der Waals surface area contributed by atoms with E-state index in [4.69, 9.17) is 9.88 Å². The minimum atomic E-state index is -3.63. The quantitative estimate of drug-likeness (QED) is 0.912. The molecule has 0 saturated carbocycles. The summed E-state index contributed by atoms with van der Waals surface area (Å²) in [6.07, 6.45) is 0.759. The van der Waals surface area contributed by atoms with E-state index < -0.39 is 10.0 Å². The number of hydrogen-bond donors (Lipinski definition) is 1. The summed E-state index contributed by atoms with van der Waals surface area (Å²) in [6, 6.07) is 12.2. The van der Waals surface area contributed by atoms with Gasteiger partial charge in [-0.25, -0.2) is 13.6 Å². The highest BCUT2D eigenvalue weighted by molar-refractivity contribution is 7.88. The van der Waals surface area contributed by atoms with Gasteiger partial charge in [0.2, 0.25) is 10.0 Å². The minimum Gasteiger partial charge on any atom is -0.497 e. The van der Waals surface area contributed by atoms with Crippen LogP contribution in [0.1, 0.15) is 21.5 Å². The number of benzene rings is 2. The molecule has 1 heterocycles. The van der Waals surface area contributed by atoms with Crippen LogP contribution in [0.25, 0.3) is 0 Å². The normalized spacial score (nSPS) is 13.7. The molecule has 1 aliphatic rings. The first-order valence-electron chi connectivity index (χ1n) is 7.45. The molecule has 2 N–H and O–H groups in total. The summed E-state index contributed by atoms with van der Waals surface area (Å²) in [5.41, 5.74) is 2.86. The van der Waals surface area contributed by atoms with Crippen LogP contribution >= 0.6 is 0 Å². The van der Waals surface area contributed by atoms with Crippen molar-refractivity contribution in [3.63, 3.8) is 0 Å². The van der Waals surface area contributed by atoms with Crippen molar-refractivity contribution in [2.24, 2.45) is 5.14 Å². The van der Waals surface area contributed by atoms with Crippen molar-refractivity contribution in [3.05, 3.63) is 59.2 Å². The van der Waals surface area contributed by atoms with Gasteiger partial charge in [-0.05, 0) is 47.9 Å². The Bertz CT molecular complexity index is 893. The Labute approximate surface area is 140 Å². The van der Waals surface area contributed by atoms with Crippen LogP contribution in [0.3, 0.4) is 0 Å². The Kier molecular flexibility index (Phi) is 4.29. The SMILES string of the molecule is COc1ccc2c(c1)CCN2C(=O)c1cccc(CS(N)(=O)=O)c1. The molecule has 6 nitrogen and oxygen atoms in total. The number of nitrogens with two attached hydrogens (primary N) is 1. The van der Waals surface area contributed by atoms with E-state index in [0.717, 1.165) is 23.4 Å². The highest BCUT2D eigenvalue weighted by Gasteiger charge is 2.26. The van der Waals surface area contributed by atoms with E-state index in [1.165, 1.54) is 0 Å². The molecule has 0 bridgehead atoms. The fraction of sp³-hybridized carbons (Fsp3) is 0.235. The first kappa shape index (κ1) is 16.5. The lowest BCUT2D eigenvalue weighted by Gasteiger charge is -2.18. The lowest BCUT2D eigenvalue weighted by molar-refractivity contribution is 0.0989. The van der Waals surface area contributed by atoms with Gasteiger partial charge in [0.15, 0.2) is 0 Å². The zero-order valence-corrected chi connectivity index (χ0v) is 14.0. The molecule has 0 saturated heterocycles. The Hall–Kier alpha value is -2.38. The minimum absolute atomic E-state index is 0.157. The number of ether oxygens (including phenoxy) is 1. The van der Waals surface area contributed by atoms with Crippen molar-refractivity contribution in [2.45, 2.75) is 12.2 Å². The van der Waals surface area contributed by atoms with Crippen LogP contribution in [0.4, 0.5) is 5.69 Å². The number of primary sulfonamides is 1. The van der Waals surface area contributed by atoms with Gasteiger partial charge in [0.25, 0.3) is 5.91 Å². The number of carbonyl (C=O) groups excluding carboxylic acids is 1. The lowest BCUT2D eigenvalue weighted by Crippen LogP contribution is -2.29. The highest BCUT2D eigenvalue weighted by atomic mass is 32.2. The summed E-state index contributed by atoms with van der Waals surface area (Å²) in [4.78, 5) is 14.5. The number of hydrogen-bond acceptors (Lipinski definition) is 4. The third-order valence-corrected chi connectivity index (χ3v) is 4.70. The summed E-state index contributed by atoms with van der Waals surface area (Å²) < 4.78 is 27.7. The second kappa shape index (κ2) is 6.26. The van der Waals surface area contributed by atoms with Gasteiger partial charge in [-0.3, -0.25) is 4.79 Å². The number of sulfonamides is 1. The number of nitrogens with zero attached hydrogens (tertiary/aromatic N) is 1. The number of carbonyl (C=O) groups is 1. The molecule has 0 fully saturated rings. The first-order valence-corrected chi connectivity index (χ1v) is 9.17. The van der Waals surface area contributed by atoms with E-state index in [2.05, 4.69) is 0 Å². The molecule has 2 aromatic carbocycles. The predicted molar refractivity (Wildman–Crippen MR) is 91.6 cm³/mol. The summed E-state index contributed by atoms with van der Waals surface area (Å²) in [5, 5.41) is 5.07. The number of methoxy groups -OCH3 is 1. The van der Waals surface area contributed by atoms with Crippen LogP contribution in [0, 0.1) is 0 Å². The Morgan fingerprint density at radius 2 is 2.04 bits per heavy atom. The Balaban J connectivity index is 1.88. The highest BCUT2D eigenvalue weighted by Crippen LogP contribution is 2.32. The first-order chi connectivity index (χ1) is 11.4. The van der Waals surface area contributed by atoms with Crippen molar-refractivity contribution >= 4 is 21.6 Å². The maximum absolute atomic E-state index is 12.8. The van der Waals surface area contributed by atoms with Gasteiger partial charge in [0.05, 0.1) is 12.9 Å². The third-order valence-electron chi connectivity index (χ3n) is 3.97. The molecule has 3 rings (SSSR count). The van der Waals surface area contributed by atoms with Gasteiger partial charge in [-0.15, -0.1) is 0 Å². The number of fused-ring (bicyclic) bond motifs is 1. The molecular formula is C17H18N2O4S. The van der Waals surface area contributed by atoms with E-state index in [-0.39, 0.29) is 11.7 Å². The fourth-order valence-electron chi connectivity index (χ4n) is 2.90. The summed E-state index contributed by atoms with van der Waals surface area (Å²) >= 11 is 0. The number of amides is 1. The monoisotopic (exact) mass is 346 g/mol. The fourth-order valence-corrected chi connectivity index (χ4v) is 3.54. The Morgan fingerprint density at radius 3 is 2.75 bits per heavy atom. The van der Waals surface area contributed by atoms with Crippen LogP contribution in [-0.2, 0) is 22.2 Å². The largest absolute Gasteiger partial charge is 0.497 e. The topological polar surface area (TPSA) is 89.7 Å². The van der Waals surface area contributed by atoms with E-state index in [1.54, 1.807) is 36.3 Å². The van der Waals surface area contributed by atoms with E-state index in [1.807, 2.05) is 18.2 Å². The third kappa shape index (κ3) is 3.42. The van der Waals surface area contributed by atoms with Gasteiger partial charge in [0, 0.05) is 17.8 Å². The maximum Gasteiger partial charge on any atom is 0.258 e. The molecule has 0 atom stereocenters. The number of rotatable bonds is 4. The summed E-state index contributed by atoms with van der Waals surface area (Å²) in [5.74, 6) is 0.315. The van der Waals surface area contributed by atoms with Crippen molar-refractivity contribution in [1.82, 2.24) is 0 Å². The standard InChI is InChI=1S/C17H18N2O4S/c1-23-15-5-6-16-13(10-15)7-8-19(16)17(20)14-4-2-3-12(9-14)11-24(18,21)22/h2-6,9-10H,7-8,11H2,1H3,(H2,18,21,22). The van der Waals surface area contributed by atoms with Crippen molar-refractivity contribution in [2.75, 3.05) is 18.6 Å². The summed E-state index contributed by atoms with van der Waals surface area (Å²) in [7, 11) is -2.03. The van der Waals surface area contributed by atoms with E-state index >= 15 is 0 Å². The maximum atomic E-state index is 12.8. The van der Waals surface area contributed by atoms with Gasteiger partial charge in [-0.2, -0.15) is 0 Å². The van der Waals surface area contributed by atoms with Gasteiger partial charge in [-0.1, -0.05) is 12.1 Å². The van der Waals surface area contributed by atoms with Crippen LogP contribution in [0.15, 0.2) is 42.5 Å². The van der Waals surface area contributed by atoms with Crippen LogP contribution in [0.2, 0.25) is 0 Å². The molecule has 1 amide bonds. The molecule has 126 valence electrons. The average Bonchev–Trinajstić information content (AvgIpc) is 2.95. The molecular weight excluding hydrogens is 328 g/mol. The number of anilines is 1. The second-order valence-corrected chi connectivity index (χ2v) is 7.32. The molecule has 0 aromatic heterocycles. The van der Waals surface area contributed by atoms with Gasteiger partial charge < -0.3 is 9.64 Å². The van der Waals surface area contributed by atoms with Crippen molar-refractivity contribution in [3.8, 4) is 5.75 Å². The molecule has 24 heavy (non-hydrogen) atoms. The smallest absolute Gasteiger partial charge is 0.258 e. The van der Waals surface area contributed by atoms with Crippen LogP contribution < -0.4 is 14.8 Å². The molecule has 7 heteroatoms. The molecule has 0 radical (unpaired) electrons. The van der Waals surface area contributed by atoms with Crippen molar-refractivity contribution < 1.29 is 17.9 Å². The molecule has 1 aliphatic heterocycles. The van der Waals surface area contributed by atoms with Gasteiger partial charge >= 0.3 is 0 Å².